The van der Waals surface area contributed by atoms with E-state index in [2.05, 4.69) is 9.97 Å². The molecule has 1 aromatic rings. The minimum Gasteiger partial charge on any atom is -0.335 e. The molecular weight excluding hydrogens is 262 g/mol. The second-order valence-electron chi connectivity index (χ2n) is 4.16. The van der Waals surface area contributed by atoms with E-state index >= 15 is 0 Å². The molecule has 1 aliphatic carbocycles. The van der Waals surface area contributed by atoms with Gasteiger partial charge in [0.15, 0.2) is 5.03 Å². The molecule has 0 aliphatic heterocycles. The van der Waals surface area contributed by atoms with Crippen molar-refractivity contribution in [1.29, 1.82) is 0 Å². The molecule has 0 amide bonds. The average Bonchev–Trinajstić information content (AvgIpc) is 2.74. The fourth-order valence-corrected chi connectivity index (χ4v) is 3.64. The molecule has 1 heterocycles. The van der Waals surface area contributed by atoms with Crippen molar-refractivity contribution in [2.75, 3.05) is 12.4 Å². The van der Waals surface area contributed by atoms with Gasteiger partial charge in [-0.15, -0.1) is 11.6 Å². The third-order valence-electron chi connectivity index (χ3n) is 3.05. The first-order valence-electron chi connectivity index (χ1n) is 5.72. The van der Waals surface area contributed by atoms with Crippen LogP contribution in [0.2, 0.25) is 0 Å². The van der Waals surface area contributed by atoms with Crippen molar-refractivity contribution >= 4 is 21.6 Å². The van der Waals surface area contributed by atoms with Gasteiger partial charge in [0.25, 0.3) is 10.0 Å². The van der Waals surface area contributed by atoms with E-state index in [1.54, 1.807) is 4.31 Å². The second-order valence-corrected chi connectivity index (χ2v) is 6.40. The van der Waals surface area contributed by atoms with Crippen LogP contribution in [0.15, 0.2) is 17.6 Å². The molecule has 1 N–H and O–H groups in total. The fraction of sp³-hybridized carbons (Fsp3) is 0.700. The Morgan fingerprint density at radius 1 is 1.53 bits per heavy atom. The molecule has 1 saturated carbocycles. The molecule has 7 heteroatoms. The van der Waals surface area contributed by atoms with Gasteiger partial charge in [-0.3, -0.25) is 0 Å². The van der Waals surface area contributed by atoms with Gasteiger partial charge in [-0.2, -0.15) is 4.31 Å². The van der Waals surface area contributed by atoms with E-state index in [9.17, 15) is 8.42 Å². The number of nitrogens with zero attached hydrogens (tertiary/aromatic N) is 2. The number of aromatic nitrogens is 2. The van der Waals surface area contributed by atoms with Crippen molar-refractivity contribution in [1.82, 2.24) is 14.3 Å². The van der Waals surface area contributed by atoms with E-state index < -0.39 is 10.0 Å². The van der Waals surface area contributed by atoms with E-state index in [0.717, 1.165) is 19.3 Å². The van der Waals surface area contributed by atoms with E-state index in [4.69, 9.17) is 11.6 Å². The van der Waals surface area contributed by atoms with Crippen molar-refractivity contribution in [2.45, 2.75) is 36.8 Å². The van der Waals surface area contributed by atoms with Crippen molar-refractivity contribution < 1.29 is 8.42 Å². The molecule has 0 unspecified atom stereocenters. The van der Waals surface area contributed by atoms with Gasteiger partial charge in [-0.25, -0.2) is 13.4 Å². The molecule has 2 rings (SSSR count). The first-order valence-corrected chi connectivity index (χ1v) is 7.70. The number of aromatic amines is 1. The number of alkyl halides is 1. The lowest BCUT2D eigenvalue weighted by atomic mass is 9.93. The van der Waals surface area contributed by atoms with E-state index in [1.807, 2.05) is 0 Å². The van der Waals surface area contributed by atoms with E-state index in [-0.39, 0.29) is 11.1 Å². The summed E-state index contributed by atoms with van der Waals surface area (Å²) in [5.41, 5.74) is 0. The normalized spacial score (nSPS) is 17.3. The molecule has 1 aliphatic rings. The summed E-state index contributed by atoms with van der Waals surface area (Å²) < 4.78 is 26.3. The lowest BCUT2D eigenvalue weighted by Crippen LogP contribution is -2.44. The SMILES string of the molecule is O=S(=O)(c1cnc[nH]1)N(CCCCl)C1CCC1. The van der Waals surface area contributed by atoms with Crippen molar-refractivity contribution in [3.8, 4) is 0 Å². The largest absolute Gasteiger partial charge is 0.335 e. The van der Waals surface area contributed by atoms with Gasteiger partial charge in [-0.05, 0) is 19.3 Å². The highest BCUT2D eigenvalue weighted by atomic mass is 35.5. The Morgan fingerprint density at radius 2 is 2.29 bits per heavy atom. The van der Waals surface area contributed by atoms with Crippen molar-refractivity contribution in [3.05, 3.63) is 12.5 Å². The second kappa shape index (κ2) is 5.37. The molecular formula is C10H16ClN3O2S. The number of hydrogen-bond donors (Lipinski definition) is 1. The van der Waals surface area contributed by atoms with Gasteiger partial charge in [0, 0.05) is 18.5 Å². The molecule has 96 valence electrons. The number of sulfonamides is 1. The van der Waals surface area contributed by atoms with Crippen LogP contribution < -0.4 is 0 Å². The Kier molecular flexibility index (Phi) is 4.06. The molecule has 1 aromatic heterocycles. The summed E-state index contributed by atoms with van der Waals surface area (Å²) in [5, 5.41) is 0.166. The quantitative estimate of drug-likeness (QED) is 0.803. The highest BCUT2D eigenvalue weighted by Gasteiger charge is 2.35. The minimum absolute atomic E-state index is 0.131. The molecule has 0 aromatic carbocycles. The smallest absolute Gasteiger partial charge is 0.260 e. The van der Waals surface area contributed by atoms with Crippen LogP contribution in [0.25, 0.3) is 0 Å². The van der Waals surface area contributed by atoms with Crippen molar-refractivity contribution in [3.63, 3.8) is 0 Å². The van der Waals surface area contributed by atoms with Crippen molar-refractivity contribution in [2.24, 2.45) is 0 Å². The highest BCUT2D eigenvalue weighted by molar-refractivity contribution is 7.89. The van der Waals surface area contributed by atoms with Gasteiger partial charge in [-0.1, -0.05) is 6.42 Å². The van der Waals surface area contributed by atoms with Gasteiger partial charge in [0.05, 0.1) is 12.5 Å². The molecule has 1 fully saturated rings. The zero-order valence-corrected chi connectivity index (χ0v) is 11.0. The summed E-state index contributed by atoms with van der Waals surface area (Å²) in [5.74, 6) is 0.474. The molecule has 0 radical (unpaired) electrons. The molecule has 5 nitrogen and oxygen atoms in total. The molecule has 0 saturated heterocycles. The predicted molar refractivity (Wildman–Crippen MR) is 65.5 cm³/mol. The first kappa shape index (κ1) is 12.9. The lowest BCUT2D eigenvalue weighted by molar-refractivity contribution is 0.219. The molecule has 0 bridgehead atoms. The topological polar surface area (TPSA) is 66.1 Å². The number of nitrogens with one attached hydrogen (secondary N) is 1. The van der Waals surface area contributed by atoms with Gasteiger partial charge < -0.3 is 4.98 Å². The summed E-state index contributed by atoms with van der Waals surface area (Å²) >= 11 is 5.64. The fourth-order valence-electron chi connectivity index (χ4n) is 1.90. The Labute approximate surface area is 106 Å². The van der Waals surface area contributed by atoms with Gasteiger partial charge in [0.2, 0.25) is 0 Å². The highest BCUT2D eigenvalue weighted by Crippen LogP contribution is 2.29. The molecule has 0 spiro atoms. The van der Waals surface area contributed by atoms with Crippen LogP contribution in [-0.4, -0.2) is 41.2 Å². The Hall–Kier alpha value is -0.590. The van der Waals surface area contributed by atoms with Crippen LogP contribution in [0, 0.1) is 0 Å². The maximum absolute atomic E-state index is 12.3. The Balaban J connectivity index is 2.19. The molecule has 17 heavy (non-hydrogen) atoms. The maximum Gasteiger partial charge on any atom is 0.260 e. The number of rotatable bonds is 6. The number of H-pyrrole nitrogens is 1. The summed E-state index contributed by atoms with van der Waals surface area (Å²) in [6, 6.07) is 0.131. The monoisotopic (exact) mass is 277 g/mol. The van der Waals surface area contributed by atoms with Crippen LogP contribution in [0.3, 0.4) is 0 Å². The number of hydrogen-bond acceptors (Lipinski definition) is 3. The lowest BCUT2D eigenvalue weighted by Gasteiger charge is -2.36. The van der Waals surface area contributed by atoms with Crippen LogP contribution in [0.1, 0.15) is 25.7 Å². The van der Waals surface area contributed by atoms with Crippen LogP contribution in [-0.2, 0) is 10.0 Å². The maximum atomic E-state index is 12.3. The van der Waals surface area contributed by atoms with Crippen LogP contribution in [0.5, 0.6) is 0 Å². The standard InChI is InChI=1S/C10H16ClN3O2S/c11-5-2-6-14(9-3-1-4-9)17(15,16)10-7-12-8-13-10/h7-9H,1-6H2,(H,12,13). The summed E-state index contributed by atoms with van der Waals surface area (Å²) in [4.78, 5) is 6.43. The third kappa shape index (κ3) is 2.64. The Bertz CT molecular complexity index is 442. The Morgan fingerprint density at radius 3 is 2.76 bits per heavy atom. The summed E-state index contributed by atoms with van der Waals surface area (Å²) in [6.07, 6.45) is 6.38. The number of imidazole rings is 1. The van der Waals surface area contributed by atoms with E-state index in [1.165, 1.54) is 12.5 Å². The summed E-state index contributed by atoms with van der Waals surface area (Å²) in [7, 11) is -3.43. The first-order chi connectivity index (χ1) is 8.16. The minimum atomic E-state index is -3.43. The zero-order valence-electron chi connectivity index (χ0n) is 9.47. The van der Waals surface area contributed by atoms with E-state index in [0.29, 0.717) is 18.8 Å². The third-order valence-corrected chi connectivity index (χ3v) is 5.20. The summed E-state index contributed by atoms with van der Waals surface area (Å²) in [6.45, 7) is 0.482. The zero-order chi connectivity index (χ0) is 12.3. The van der Waals surface area contributed by atoms with Crippen LogP contribution in [0.4, 0.5) is 0 Å². The van der Waals surface area contributed by atoms with Gasteiger partial charge in [0.1, 0.15) is 0 Å². The van der Waals surface area contributed by atoms with Crippen LogP contribution >= 0.6 is 11.6 Å². The van der Waals surface area contributed by atoms with Gasteiger partial charge >= 0.3 is 0 Å². The number of halogens is 1. The predicted octanol–water partition coefficient (Wildman–Crippen LogP) is 1.58. The average molecular weight is 278 g/mol. The molecule has 0 atom stereocenters.